The van der Waals surface area contributed by atoms with E-state index in [0.717, 1.165) is 42.9 Å². The minimum absolute atomic E-state index is 0. The van der Waals surface area contributed by atoms with E-state index in [9.17, 15) is 0 Å². The van der Waals surface area contributed by atoms with Crippen LogP contribution >= 0.6 is 24.0 Å². The van der Waals surface area contributed by atoms with Crippen molar-refractivity contribution in [2.45, 2.75) is 18.9 Å². The van der Waals surface area contributed by atoms with E-state index in [2.05, 4.69) is 36.9 Å². The van der Waals surface area contributed by atoms with Gasteiger partial charge in [0.15, 0.2) is 5.96 Å². The molecule has 28 heavy (non-hydrogen) atoms. The lowest BCUT2D eigenvalue weighted by Gasteiger charge is -2.22. The van der Waals surface area contributed by atoms with Crippen molar-refractivity contribution in [3.63, 3.8) is 0 Å². The van der Waals surface area contributed by atoms with E-state index in [1.807, 2.05) is 51.4 Å². The number of imidazole rings is 1. The molecule has 1 aliphatic rings. The molecular formula is C20H31IN6O. The molecule has 7 nitrogen and oxygen atoms in total. The van der Waals surface area contributed by atoms with Crippen LogP contribution in [0, 0.1) is 0 Å². The van der Waals surface area contributed by atoms with Gasteiger partial charge in [-0.3, -0.25) is 4.99 Å². The number of likely N-dealkylation sites (tertiary alicyclic amines) is 1. The Bertz CT molecular complexity index is 786. The van der Waals surface area contributed by atoms with Crippen LogP contribution in [0.25, 0.3) is 0 Å². The van der Waals surface area contributed by atoms with Crippen molar-refractivity contribution in [2.24, 2.45) is 12.0 Å². The normalized spacial score (nSPS) is 16.7. The Hall–Kier alpha value is -1.97. The summed E-state index contributed by atoms with van der Waals surface area (Å²) in [6.45, 7) is 2.68. The van der Waals surface area contributed by atoms with Gasteiger partial charge in [-0.15, -0.1) is 24.0 Å². The van der Waals surface area contributed by atoms with Gasteiger partial charge in [-0.25, -0.2) is 4.98 Å². The van der Waals surface area contributed by atoms with Crippen molar-refractivity contribution in [2.75, 3.05) is 46.2 Å². The Kier molecular flexibility index (Phi) is 7.97. The van der Waals surface area contributed by atoms with Crippen LogP contribution in [0.2, 0.25) is 0 Å². The fraction of sp³-hybridized carbons (Fsp3) is 0.500. The van der Waals surface area contributed by atoms with Crippen molar-refractivity contribution >= 4 is 35.9 Å². The minimum Gasteiger partial charge on any atom is -0.497 e. The summed E-state index contributed by atoms with van der Waals surface area (Å²) in [5.41, 5.74) is 2.49. The second-order valence-corrected chi connectivity index (χ2v) is 7.11. The van der Waals surface area contributed by atoms with Gasteiger partial charge >= 0.3 is 0 Å². The first-order chi connectivity index (χ1) is 13.0. The van der Waals surface area contributed by atoms with Crippen molar-refractivity contribution in [1.82, 2.24) is 19.8 Å². The van der Waals surface area contributed by atoms with Crippen LogP contribution in [0.4, 0.5) is 5.95 Å². The first kappa shape index (κ1) is 22.3. The van der Waals surface area contributed by atoms with E-state index in [-0.39, 0.29) is 24.0 Å². The number of hydrogen-bond donors (Lipinski definition) is 1. The number of hydrogen-bond acceptors (Lipinski definition) is 4. The average molecular weight is 498 g/mol. The second-order valence-electron chi connectivity index (χ2n) is 7.11. The summed E-state index contributed by atoms with van der Waals surface area (Å²) < 4.78 is 7.36. The maximum atomic E-state index is 5.26. The molecule has 0 saturated carbocycles. The molecular weight excluding hydrogens is 467 g/mol. The van der Waals surface area contributed by atoms with Crippen LogP contribution in [-0.4, -0.2) is 61.8 Å². The highest BCUT2D eigenvalue weighted by Gasteiger charge is 2.26. The lowest BCUT2D eigenvalue weighted by atomic mass is 9.98. The summed E-state index contributed by atoms with van der Waals surface area (Å²) in [6.07, 6.45) is 3.04. The molecule has 0 bridgehead atoms. The van der Waals surface area contributed by atoms with Gasteiger partial charge in [0.1, 0.15) is 5.75 Å². The van der Waals surface area contributed by atoms with E-state index in [0.29, 0.717) is 12.5 Å². The average Bonchev–Trinajstić information content (AvgIpc) is 3.30. The van der Waals surface area contributed by atoms with Crippen molar-refractivity contribution in [3.8, 4) is 5.75 Å². The molecule has 0 aliphatic carbocycles. The molecule has 8 heteroatoms. The number of anilines is 1. The molecule has 1 aliphatic heterocycles. The zero-order chi connectivity index (χ0) is 19.4. The van der Waals surface area contributed by atoms with Crippen molar-refractivity contribution < 1.29 is 4.74 Å². The number of methoxy groups -OCH3 is 1. The van der Waals surface area contributed by atoms with Crippen LogP contribution in [0.5, 0.6) is 5.75 Å². The molecule has 2 heterocycles. The molecule has 0 spiro atoms. The number of aromatic nitrogens is 2. The number of nitrogens with zero attached hydrogens (tertiary/aromatic N) is 5. The van der Waals surface area contributed by atoms with E-state index < -0.39 is 0 Å². The van der Waals surface area contributed by atoms with Crippen LogP contribution in [0.1, 0.15) is 23.6 Å². The zero-order valence-electron chi connectivity index (χ0n) is 17.3. The lowest BCUT2D eigenvalue weighted by Crippen LogP contribution is -2.39. The minimum atomic E-state index is 0. The molecule has 0 radical (unpaired) electrons. The Morgan fingerprint density at radius 3 is 2.61 bits per heavy atom. The molecule has 1 unspecified atom stereocenters. The first-order valence-electron chi connectivity index (χ1n) is 9.31. The zero-order valence-corrected chi connectivity index (χ0v) is 19.7. The third kappa shape index (κ3) is 4.89. The predicted octanol–water partition coefficient (Wildman–Crippen LogP) is 2.68. The maximum absolute atomic E-state index is 5.26. The molecule has 1 aromatic carbocycles. The highest BCUT2D eigenvalue weighted by Crippen LogP contribution is 2.28. The molecule has 2 aromatic rings. The van der Waals surface area contributed by atoms with E-state index in [1.54, 1.807) is 7.11 Å². The van der Waals surface area contributed by atoms with E-state index in [1.165, 1.54) is 5.56 Å². The fourth-order valence-corrected chi connectivity index (χ4v) is 3.62. The molecule has 1 aromatic heterocycles. The summed E-state index contributed by atoms with van der Waals surface area (Å²) >= 11 is 0. The number of ether oxygens (including phenoxy) is 1. The number of guanidine groups is 1. The summed E-state index contributed by atoms with van der Waals surface area (Å²) in [4.78, 5) is 13.3. The molecule has 1 N–H and O–H groups in total. The van der Waals surface area contributed by atoms with Crippen LogP contribution in [-0.2, 0) is 13.6 Å². The van der Waals surface area contributed by atoms with Gasteiger partial charge in [0.05, 0.1) is 25.5 Å². The highest BCUT2D eigenvalue weighted by molar-refractivity contribution is 14.0. The number of aliphatic imine (C=N–C) groups is 1. The van der Waals surface area contributed by atoms with Gasteiger partial charge in [0, 0.05) is 47.2 Å². The summed E-state index contributed by atoms with van der Waals surface area (Å²) in [6, 6.07) is 8.41. The Balaban J connectivity index is 0.00000280. The van der Waals surface area contributed by atoms with Crippen molar-refractivity contribution in [1.29, 1.82) is 0 Å². The second kappa shape index (κ2) is 9.99. The summed E-state index contributed by atoms with van der Waals surface area (Å²) in [5, 5.41) is 3.49. The van der Waals surface area contributed by atoms with E-state index in [4.69, 9.17) is 4.74 Å². The van der Waals surface area contributed by atoms with Crippen molar-refractivity contribution in [3.05, 3.63) is 41.7 Å². The maximum Gasteiger partial charge on any atom is 0.204 e. The molecule has 1 atom stereocenters. The first-order valence-corrected chi connectivity index (χ1v) is 9.31. The topological polar surface area (TPSA) is 57.9 Å². The number of rotatable bonds is 5. The van der Waals surface area contributed by atoms with Crippen LogP contribution in [0.3, 0.4) is 0 Å². The SMILES string of the molecule is CN=C(NCc1cnc(N(C)C)n1C)N1CCC(c2ccc(OC)cc2)C1.I. The molecule has 3 rings (SSSR count). The smallest absolute Gasteiger partial charge is 0.204 e. The van der Waals surface area contributed by atoms with Gasteiger partial charge < -0.3 is 24.4 Å². The van der Waals surface area contributed by atoms with Gasteiger partial charge in [-0.2, -0.15) is 0 Å². The summed E-state index contributed by atoms with van der Waals surface area (Å²) in [7, 11) is 9.59. The molecule has 1 fully saturated rings. The molecule has 1 saturated heterocycles. The Morgan fingerprint density at radius 2 is 2.04 bits per heavy atom. The third-order valence-corrected chi connectivity index (χ3v) is 5.17. The van der Waals surface area contributed by atoms with Gasteiger partial charge in [-0.05, 0) is 24.1 Å². The van der Waals surface area contributed by atoms with Gasteiger partial charge in [0.25, 0.3) is 0 Å². The Labute approximate surface area is 184 Å². The molecule has 154 valence electrons. The number of benzene rings is 1. The summed E-state index contributed by atoms with van der Waals surface area (Å²) in [5.74, 6) is 3.31. The largest absolute Gasteiger partial charge is 0.497 e. The lowest BCUT2D eigenvalue weighted by molar-refractivity contribution is 0.414. The fourth-order valence-electron chi connectivity index (χ4n) is 3.62. The highest BCUT2D eigenvalue weighted by atomic mass is 127. The standard InChI is InChI=1S/C20H30N6O.HI/c1-21-19(22-12-17-13-23-20(24(2)3)25(17)4)26-11-10-16(14-26)15-6-8-18(27-5)9-7-15;/h6-9,13,16H,10-12,14H2,1-5H3,(H,21,22);1H. The van der Waals surface area contributed by atoms with Crippen LogP contribution < -0.4 is 15.0 Å². The molecule has 0 amide bonds. The number of nitrogens with one attached hydrogen (secondary N) is 1. The Morgan fingerprint density at radius 1 is 1.32 bits per heavy atom. The third-order valence-electron chi connectivity index (χ3n) is 5.17. The van der Waals surface area contributed by atoms with Gasteiger partial charge in [0.2, 0.25) is 5.95 Å². The predicted molar refractivity (Wildman–Crippen MR) is 125 cm³/mol. The van der Waals surface area contributed by atoms with Crippen LogP contribution in [0.15, 0.2) is 35.5 Å². The number of halogens is 1. The quantitative estimate of drug-likeness (QED) is 0.391. The monoisotopic (exact) mass is 498 g/mol. The van der Waals surface area contributed by atoms with E-state index >= 15 is 0 Å². The van der Waals surface area contributed by atoms with Gasteiger partial charge in [-0.1, -0.05) is 12.1 Å².